The molecule has 2 aromatic heterocycles. The van der Waals surface area contributed by atoms with Crippen molar-refractivity contribution < 1.29 is 4.79 Å². The Bertz CT molecular complexity index is 824. The van der Waals surface area contributed by atoms with Gasteiger partial charge in [0.05, 0.1) is 24.5 Å². The second-order valence-electron chi connectivity index (χ2n) is 5.79. The summed E-state index contributed by atoms with van der Waals surface area (Å²) in [6, 6.07) is 11.8. The molecule has 0 bridgehead atoms. The predicted molar refractivity (Wildman–Crippen MR) is 89.0 cm³/mol. The van der Waals surface area contributed by atoms with E-state index in [0.29, 0.717) is 19.6 Å². The minimum Gasteiger partial charge on any atom is -0.332 e. The number of benzene rings is 1. The fourth-order valence-corrected chi connectivity index (χ4v) is 2.97. The number of nitrogens with zero attached hydrogens (tertiary/aromatic N) is 3. The Balaban J connectivity index is 1.49. The van der Waals surface area contributed by atoms with Crippen LogP contribution in [-0.4, -0.2) is 37.9 Å². The van der Waals surface area contributed by atoms with Gasteiger partial charge < -0.3 is 10.2 Å². The Kier molecular flexibility index (Phi) is 3.74. The van der Waals surface area contributed by atoms with E-state index in [4.69, 9.17) is 0 Å². The molecule has 7 nitrogen and oxygen atoms in total. The fourth-order valence-electron chi connectivity index (χ4n) is 2.97. The van der Waals surface area contributed by atoms with Crippen molar-refractivity contribution in [3.05, 3.63) is 59.5 Å². The number of amides is 2. The molecule has 0 radical (unpaired) electrons. The van der Waals surface area contributed by atoms with Crippen LogP contribution in [0.1, 0.15) is 17.0 Å². The van der Waals surface area contributed by atoms with Crippen molar-refractivity contribution >= 4 is 6.03 Å². The first-order valence-corrected chi connectivity index (χ1v) is 7.94. The maximum absolute atomic E-state index is 12.4. The number of urea groups is 1. The van der Waals surface area contributed by atoms with Crippen LogP contribution in [0.4, 0.5) is 4.79 Å². The largest absolute Gasteiger partial charge is 0.332 e. The Hall–Kier alpha value is -3.09. The Morgan fingerprint density at radius 3 is 2.88 bits per heavy atom. The summed E-state index contributed by atoms with van der Waals surface area (Å²) in [5.74, 6) is 0. The van der Waals surface area contributed by atoms with E-state index in [9.17, 15) is 4.79 Å². The summed E-state index contributed by atoms with van der Waals surface area (Å²) < 4.78 is 0. The maximum atomic E-state index is 12.4. The van der Waals surface area contributed by atoms with Crippen LogP contribution >= 0.6 is 0 Å². The van der Waals surface area contributed by atoms with Crippen molar-refractivity contribution in [2.45, 2.75) is 19.5 Å². The van der Waals surface area contributed by atoms with Crippen LogP contribution in [0.25, 0.3) is 11.3 Å². The molecule has 0 spiro atoms. The number of H-pyrrole nitrogens is 2. The summed E-state index contributed by atoms with van der Waals surface area (Å²) in [4.78, 5) is 14.2. The highest BCUT2D eigenvalue weighted by atomic mass is 16.2. The number of rotatable bonds is 3. The zero-order valence-electron chi connectivity index (χ0n) is 13.1. The van der Waals surface area contributed by atoms with Crippen molar-refractivity contribution in [2.24, 2.45) is 0 Å². The van der Waals surface area contributed by atoms with Gasteiger partial charge >= 0.3 is 6.03 Å². The average Bonchev–Trinajstić information content (AvgIpc) is 3.29. The molecular formula is C17H18N6O. The Morgan fingerprint density at radius 1 is 1.21 bits per heavy atom. The van der Waals surface area contributed by atoms with E-state index in [2.05, 4.69) is 25.7 Å². The van der Waals surface area contributed by atoms with Gasteiger partial charge in [0.2, 0.25) is 0 Å². The van der Waals surface area contributed by atoms with Gasteiger partial charge in [-0.3, -0.25) is 10.2 Å². The number of aromatic amines is 2. The Labute approximate surface area is 139 Å². The fraction of sp³-hybridized carbons (Fsp3) is 0.235. The van der Waals surface area contributed by atoms with Crippen LogP contribution in [0.15, 0.2) is 42.6 Å². The summed E-state index contributed by atoms with van der Waals surface area (Å²) in [6.45, 7) is 1.65. The third kappa shape index (κ3) is 2.76. The molecule has 3 N–H and O–H groups in total. The zero-order chi connectivity index (χ0) is 16.4. The molecule has 1 aromatic carbocycles. The summed E-state index contributed by atoms with van der Waals surface area (Å²) >= 11 is 0. The van der Waals surface area contributed by atoms with Crippen LogP contribution in [0.3, 0.4) is 0 Å². The molecule has 4 rings (SSSR count). The monoisotopic (exact) mass is 322 g/mol. The molecule has 0 unspecified atom stereocenters. The zero-order valence-corrected chi connectivity index (χ0v) is 13.1. The van der Waals surface area contributed by atoms with Crippen LogP contribution in [0.2, 0.25) is 0 Å². The third-order valence-corrected chi connectivity index (χ3v) is 4.25. The van der Waals surface area contributed by atoms with E-state index >= 15 is 0 Å². The van der Waals surface area contributed by atoms with Gasteiger partial charge in [-0.1, -0.05) is 30.3 Å². The number of aromatic nitrogens is 4. The predicted octanol–water partition coefficient (Wildman–Crippen LogP) is 2.07. The molecule has 1 aliphatic rings. The number of fused-ring (bicyclic) bond motifs is 1. The van der Waals surface area contributed by atoms with Gasteiger partial charge in [-0.05, 0) is 6.07 Å². The lowest BCUT2D eigenvalue weighted by atomic mass is 10.0. The number of carbonyl (C=O) groups excluding carboxylic acids is 1. The van der Waals surface area contributed by atoms with Gasteiger partial charge in [0.15, 0.2) is 0 Å². The standard InChI is InChI=1S/C17H18N6O/c24-17(18-10-13-6-8-19-20-13)23-9-7-15-14(11-23)16(22-21-15)12-4-2-1-3-5-12/h1-6,8H,7,9-11H2,(H,18,24)(H,19,20)(H,21,22). The first-order chi connectivity index (χ1) is 11.8. The highest BCUT2D eigenvalue weighted by Crippen LogP contribution is 2.28. The molecule has 3 heterocycles. The number of nitrogens with one attached hydrogen (secondary N) is 3. The topological polar surface area (TPSA) is 89.7 Å². The molecule has 0 saturated heterocycles. The molecule has 1 aliphatic heterocycles. The van der Waals surface area contributed by atoms with Crippen LogP contribution in [-0.2, 0) is 19.5 Å². The van der Waals surface area contributed by atoms with Crippen molar-refractivity contribution in [1.82, 2.24) is 30.6 Å². The van der Waals surface area contributed by atoms with E-state index in [1.165, 1.54) is 0 Å². The molecule has 3 aromatic rings. The van der Waals surface area contributed by atoms with E-state index in [1.54, 1.807) is 6.20 Å². The molecule has 0 atom stereocenters. The lowest BCUT2D eigenvalue weighted by molar-refractivity contribution is 0.191. The molecule has 0 aliphatic carbocycles. The normalized spacial score (nSPS) is 13.6. The quantitative estimate of drug-likeness (QED) is 0.689. The van der Waals surface area contributed by atoms with Crippen LogP contribution in [0.5, 0.6) is 0 Å². The first kappa shape index (κ1) is 14.5. The van der Waals surface area contributed by atoms with Gasteiger partial charge in [-0.2, -0.15) is 10.2 Å². The highest BCUT2D eigenvalue weighted by molar-refractivity contribution is 5.75. The van der Waals surface area contributed by atoms with Gasteiger partial charge in [0, 0.05) is 36.0 Å². The minimum atomic E-state index is -0.0798. The molecule has 2 amide bonds. The van der Waals surface area contributed by atoms with E-state index in [1.807, 2.05) is 41.3 Å². The third-order valence-electron chi connectivity index (χ3n) is 4.25. The van der Waals surface area contributed by atoms with Crippen LogP contribution in [0, 0.1) is 0 Å². The number of hydrogen-bond acceptors (Lipinski definition) is 3. The minimum absolute atomic E-state index is 0.0798. The van der Waals surface area contributed by atoms with Gasteiger partial charge in [-0.25, -0.2) is 4.79 Å². The number of carbonyl (C=O) groups is 1. The summed E-state index contributed by atoms with van der Waals surface area (Å²) in [6.07, 6.45) is 2.53. The average molecular weight is 322 g/mol. The molecule has 122 valence electrons. The second kappa shape index (κ2) is 6.19. The first-order valence-electron chi connectivity index (χ1n) is 7.94. The Morgan fingerprint density at radius 2 is 2.08 bits per heavy atom. The SMILES string of the molecule is O=C(NCc1cc[nH]n1)N1CCc2[nH]nc(-c3ccccc3)c2C1. The van der Waals surface area contributed by atoms with Crippen molar-refractivity contribution in [2.75, 3.05) is 6.54 Å². The molecular weight excluding hydrogens is 304 g/mol. The lowest BCUT2D eigenvalue weighted by Gasteiger charge is -2.27. The summed E-state index contributed by atoms with van der Waals surface area (Å²) in [7, 11) is 0. The number of hydrogen-bond donors (Lipinski definition) is 3. The molecule has 0 fully saturated rings. The van der Waals surface area contributed by atoms with Crippen LogP contribution < -0.4 is 5.32 Å². The maximum Gasteiger partial charge on any atom is 0.318 e. The van der Waals surface area contributed by atoms with Crippen molar-refractivity contribution in [3.8, 4) is 11.3 Å². The van der Waals surface area contributed by atoms with Gasteiger partial charge in [-0.15, -0.1) is 0 Å². The second-order valence-corrected chi connectivity index (χ2v) is 5.79. The summed E-state index contributed by atoms with van der Waals surface area (Å²) in [5, 5.41) is 17.3. The smallest absolute Gasteiger partial charge is 0.318 e. The van der Waals surface area contributed by atoms with Gasteiger partial charge in [0.25, 0.3) is 0 Å². The van der Waals surface area contributed by atoms with Gasteiger partial charge in [0.1, 0.15) is 0 Å². The van der Waals surface area contributed by atoms with Crippen molar-refractivity contribution in [1.29, 1.82) is 0 Å². The molecule has 7 heteroatoms. The lowest BCUT2D eigenvalue weighted by Crippen LogP contribution is -2.42. The van der Waals surface area contributed by atoms with E-state index in [-0.39, 0.29) is 6.03 Å². The highest BCUT2D eigenvalue weighted by Gasteiger charge is 2.25. The van der Waals surface area contributed by atoms with E-state index < -0.39 is 0 Å². The summed E-state index contributed by atoms with van der Waals surface area (Å²) in [5.41, 5.74) is 5.02. The molecule has 0 saturated carbocycles. The van der Waals surface area contributed by atoms with E-state index in [0.717, 1.165) is 34.6 Å². The van der Waals surface area contributed by atoms with Crippen molar-refractivity contribution in [3.63, 3.8) is 0 Å². The molecule has 24 heavy (non-hydrogen) atoms.